The second kappa shape index (κ2) is 12.4. The number of carbonyl (C=O) groups excluding carboxylic acids is 2. The molecule has 1 N–H and O–H groups in total. The molecule has 1 aliphatic carbocycles. The predicted molar refractivity (Wildman–Crippen MR) is 155 cm³/mol. The number of carbonyl (C=O) groups is 2. The summed E-state index contributed by atoms with van der Waals surface area (Å²) >= 11 is 6.10. The number of nitrogens with one attached hydrogen (secondary N) is 1. The fourth-order valence-electron chi connectivity index (χ4n) is 5.49. The summed E-state index contributed by atoms with van der Waals surface area (Å²) in [5.41, 5.74) is 4.31. The topological polar surface area (TPSA) is 73.9 Å². The van der Waals surface area contributed by atoms with Crippen LogP contribution in [0.2, 0.25) is 5.02 Å². The number of para-hydroxylation sites is 2. The Kier molecular flexibility index (Phi) is 8.56. The minimum atomic E-state index is -0.611. The van der Waals surface area contributed by atoms with Crippen LogP contribution in [-0.2, 0) is 14.3 Å². The molecule has 0 radical (unpaired) electrons. The van der Waals surface area contributed by atoms with E-state index in [1.54, 1.807) is 0 Å². The Morgan fingerprint density at radius 1 is 0.925 bits per heavy atom. The molecule has 0 amide bonds. The Hall–Kier alpha value is -4.03. The highest BCUT2D eigenvalue weighted by molar-refractivity contribution is 6.30. The number of allylic oxidation sites excluding steroid dienone is 3. The quantitative estimate of drug-likeness (QED) is 0.232. The fraction of sp³-hybridized carbons (Fsp3) is 0.273. The largest absolute Gasteiger partial charge is 0.494 e. The van der Waals surface area contributed by atoms with Gasteiger partial charge in [-0.3, -0.25) is 4.79 Å². The molecule has 3 aromatic carbocycles. The molecular weight excluding hydrogens is 526 g/mol. The van der Waals surface area contributed by atoms with Gasteiger partial charge in [0.1, 0.15) is 24.7 Å². The van der Waals surface area contributed by atoms with Crippen LogP contribution in [0.25, 0.3) is 0 Å². The van der Waals surface area contributed by atoms with E-state index < -0.39 is 11.9 Å². The maximum atomic E-state index is 13.9. The van der Waals surface area contributed by atoms with E-state index in [-0.39, 0.29) is 24.9 Å². The molecule has 0 saturated heterocycles. The van der Waals surface area contributed by atoms with Crippen molar-refractivity contribution >= 4 is 23.4 Å². The van der Waals surface area contributed by atoms with Crippen molar-refractivity contribution in [2.45, 2.75) is 38.5 Å². The Bertz CT molecular complexity index is 1450. The highest BCUT2D eigenvalue weighted by Gasteiger charge is 2.42. The number of dihydropyridines is 1. The monoisotopic (exact) mass is 557 g/mol. The first-order valence-electron chi connectivity index (χ1n) is 13.5. The summed E-state index contributed by atoms with van der Waals surface area (Å²) in [6, 6.07) is 24.6. The molecule has 5 rings (SSSR count). The van der Waals surface area contributed by atoms with E-state index in [1.807, 2.05) is 92.7 Å². The van der Waals surface area contributed by atoms with Gasteiger partial charge in [0.2, 0.25) is 0 Å². The molecule has 40 heavy (non-hydrogen) atoms. The number of rotatable bonds is 9. The van der Waals surface area contributed by atoms with Gasteiger partial charge in [-0.05, 0) is 62.1 Å². The molecule has 2 atom stereocenters. The lowest BCUT2D eigenvalue weighted by atomic mass is 9.71. The lowest BCUT2D eigenvalue weighted by Crippen LogP contribution is -2.36. The van der Waals surface area contributed by atoms with E-state index in [2.05, 4.69) is 5.32 Å². The van der Waals surface area contributed by atoms with Crippen LogP contribution in [0.5, 0.6) is 11.5 Å². The first kappa shape index (κ1) is 27.5. The maximum Gasteiger partial charge on any atom is 0.336 e. The van der Waals surface area contributed by atoms with Gasteiger partial charge >= 0.3 is 5.97 Å². The van der Waals surface area contributed by atoms with Crippen molar-refractivity contribution in [1.29, 1.82) is 0 Å². The van der Waals surface area contributed by atoms with Gasteiger partial charge in [-0.1, -0.05) is 60.1 Å². The molecule has 0 unspecified atom stereocenters. The third-order valence-electron chi connectivity index (χ3n) is 7.25. The maximum absolute atomic E-state index is 13.9. The summed E-state index contributed by atoms with van der Waals surface area (Å²) in [6.45, 7) is 4.51. The van der Waals surface area contributed by atoms with E-state index in [9.17, 15) is 9.59 Å². The molecule has 3 aromatic rings. The molecule has 7 heteroatoms. The van der Waals surface area contributed by atoms with Crippen molar-refractivity contribution in [3.8, 4) is 11.5 Å². The minimum Gasteiger partial charge on any atom is -0.494 e. The number of halogens is 1. The van der Waals surface area contributed by atoms with Crippen LogP contribution in [0.3, 0.4) is 0 Å². The molecule has 0 aromatic heterocycles. The van der Waals surface area contributed by atoms with Crippen LogP contribution in [-0.4, -0.2) is 31.6 Å². The lowest BCUT2D eigenvalue weighted by Gasteiger charge is -2.37. The van der Waals surface area contributed by atoms with Crippen LogP contribution >= 0.6 is 11.6 Å². The van der Waals surface area contributed by atoms with Gasteiger partial charge in [0.25, 0.3) is 0 Å². The molecule has 1 aliphatic heterocycles. The minimum absolute atomic E-state index is 0.00443. The highest BCUT2D eigenvalue weighted by atomic mass is 35.5. The molecule has 206 valence electrons. The van der Waals surface area contributed by atoms with Gasteiger partial charge in [0, 0.05) is 34.0 Å². The first-order chi connectivity index (χ1) is 19.5. The average molecular weight is 558 g/mol. The third kappa shape index (κ3) is 5.92. The Morgan fingerprint density at radius 3 is 2.40 bits per heavy atom. The van der Waals surface area contributed by atoms with E-state index in [0.29, 0.717) is 52.8 Å². The van der Waals surface area contributed by atoms with Crippen molar-refractivity contribution in [3.05, 3.63) is 118 Å². The van der Waals surface area contributed by atoms with Crippen LogP contribution in [0.15, 0.2) is 101 Å². The highest BCUT2D eigenvalue weighted by Crippen LogP contribution is 2.47. The Morgan fingerprint density at radius 2 is 1.65 bits per heavy atom. The molecular formula is C33H32ClNO5. The fourth-order valence-corrected chi connectivity index (χ4v) is 5.61. The van der Waals surface area contributed by atoms with Crippen molar-refractivity contribution in [2.75, 3.05) is 19.8 Å². The zero-order valence-corrected chi connectivity index (χ0v) is 23.4. The normalized spacial score (nSPS) is 18.6. The van der Waals surface area contributed by atoms with Gasteiger partial charge < -0.3 is 19.5 Å². The van der Waals surface area contributed by atoms with Crippen LogP contribution in [0.4, 0.5) is 0 Å². The van der Waals surface area contributed by atoms with E-state index in [4.69, 9.17) is 25.8 Å². The average Bonchev–Trinajstić information content (AvgIpc) is 2.96. The summed E-state index contributed by atoms with van der Waals surface area (Å²) in [5.74, 6) is 0.249. The van der Waals surface area contributed by atoms with Gasteiger partial charge in [-0.25, -0.2) is 4.79 Å². The number of hydrogen-bond donors (Lipinski definition) is 1. The number of benzene rings is 3. The van der Waals surface area contributed by atoms with Crippen LogP contribution in [0.1, 0.15) is 49.7 Å². The smallest absolute Gasteiger partial charge is 0.336 e. The zero-order chi connectivity index (χ0) is 28.1. The molecule has 6 nitrogen and oxygen atoms in total. The van der Waals surface area contributed by atoms with Gasteiger partial charge in [0.05, 0.1) is 18.1 Å². The van der Waals surface area contributed by atoms with Gasteiger partial charge in [-0.2, -0.15) is 0 Å². The molecule has 1 heterocycles. The summed E-state index contributed by atoms with van der Waals surface area (Å²) < 4.78 is 17.3. The summed E-state index contributed by atoms with van der Waals surface area (Å²) in [7, 11) is 0. The van der Waals surface area contributed by atoms with Crippen molar-refractivity contribution < 1.29 is 23.8 Å². The van der Waals surface area contributed by atoms with Gasteiger partial charge in [0.15, 0.2) is 5.78 Å². The van der Waals surface area contributed by atoms with Crippen molar-refractivity contribution in [2.24, 2.45) is 0 Å². The second-order valence-electron chi connectivity index (χ2n) is 9.84. The van der Waals surface area contributed by atoms with E-state index in [0.717, 1.165) is 16.8 Å². The van der Waals surface area contributed by atoms with Crippen LogP contribution in [0, 0.1) is 0 Å². The Balaban J connectivity index is 1.45. The van der Waals surface area contributed by atoms with Crippen LogP contribution < -0.4 is 14.8 Å². The SMILES string of the molecule is CCOc1ccccc1[C@H]1C(C(=O)OCCOc2ccccc2)=C(C)NC2=C1C(=O)C[C@H](c1ccc(Cl)cc1)C2. The standard InChI is InChI=1S/C33H32ClNO5/c1-3-38-29-12-8-7-11-26(29)31-30(33(37)40-18-17-39-25-9-5-4-6-10-25)21(2)35-27-19-23(20-28(36)32(27)31)22-13-15-24(34)16-14-22/h4-16,23,31,35H,3,17-20H2,1-2H3/t23-,31+/m1/s1. The molecule has 2 aliphatic rings. The summed E-state index contributed by atoms with van der Waals surface area (Å²) in [4.78, 5) is 27.5. The molecule has 0 bridgehead atoms. The first-order valence-corrected chi connectivity index (χ1v) is 13.9. The van der Waals surface area contributed by atoms with Crippen molar-refractivity contribution in [1.82, 2.24) is 5.32 Å². The molecule has 0 saturated carbocycles. The van der Waals surface area contributed by atoms with E-state index in [1.165, 1.54) is 0 Å². The molecule has 0 fully saturated rings. The number of Topliss-reactive ketones (excluding diaryl/α,β-unsaturated/α-hetero) is 1. The second-order valence-corrected chi connectivity index (χ2v) is 10.3. The number of ether oxygens (including phenoxy) is 3. The van der Waals surface area contributed by atoms with Crippen molar-refractivity contribution in [3.63, 3.8) is 0 Å². The number of ketones is 1. The zero-order valence-electron chi connectivity index (χ0n) is 22.6. The third-order valence-corrected chi connectivity index (χ3v) is 7.50. The lowest BCUT2D eigenvalue weighted by molar-refractivity contribution is -0.140. The number of esters is 1. The Labute approximate surface area is 239 Å². The summed E-state index contributed by atoms with van der Waals surface area (Å²) in [6.07, 6.45) is 0.975. The predicted octanol–water partition coefficient (Wildman–Crippen LogP) is 6.72. The number of hydrogen-bond acceptors (Lipinski definition) is 6. The molecule has 0 spiro atoms. The summed E-state index contributed by atoms with van der Waals surface area (Å²) in [5, 5.41) is 4.06. The van der Waals surface area contributed by atoms with E-state index >= 15 is 0 Å². The van der Waals surface area contributed by atoms with Gasteiger partial charge in [-0.15, -0.1) is 0 Å².